The lowest BCUT2D eigenvalue weighted by Gasteiger charge is -2.23. The van der Waals surface area contributed by atoms with E-state index in [0.29, 0.717) is 55.4 Å². The highest BCUT2D eigenvalue weighted by Gasteiger charge is 2.38. The van der Waals surface area contributed by atoms with Gasteiger partial charge >= 0.3 is 18.8 Å². The summed E-state index contributed by atoms with van der Waals surface area (Å²) in [5.41, 5.74) is 6.19. The van der Waals surface area contributed by atoms with Crippen LogP contribution in [0.1, 0.15) is 73.5 Å². The minimum atomic E-state index is -0.848. The highest BCUT2D eigenvalue weighted by Crippen LogP contribution is 2.39. The summed E-state index contributed by atoms with van der Waals surface area (Å²) in [4.78, 5) is 102. The van der Waals surface area contributed by atoms with Crippen molar-refractivity contribution in [2.75, 3.05) is 14.1 Å². The van der Waals surface area contributed by atoms with Crippen LogP contribution in [-0.2, 0) is 0 Å². The van der Waals surface area contributed by atoms with E-state index in [-0.39, 0.29) is 98.2 Å². The Bertz CT molecular complexity index is 5970. The smallest absolute Gasteiger partial charge is 0.343 e. The molecule has 0 N–H and O–H groups in total. The minimum absolute atomic E-state index is 0.00367. The Labute approximate surface area is 594 Å². The normalized spacial score (nSPS) is 13.1. The molecular formula is C77H44B2Cl4N10O8. The fraction of sp³-hybridized carbons (Fsp3) is 0.0390. The number of benzene rings is 9. The highest BCUT2D eigenvalue weighted by atomic mass is 35.5. The maximum atomic E-state index is 14.2. The van der Waals surface area contributed by atoms with Gasteiger partial charge in [-0.05, 0) is 120 Å². The lowest BCUT2D eigenvalue weighted by atomic mass is 9.50. The quantitative estimate of drug-likeness (QED) is 0.0452. The van der Waals surface area contributed by atoms with Crippen LogP contribution in [0.15, 0.2) is 213 Å². The summed E-state index contributed by atoms with van der Waals surface area (Å²) in [6, 6.07) is 62.1. The van der Waals surface area contributed by atoms with E-state index in [1.54, 1.807) is 72.8 Å². The Morgan fingerprint density at radius 3 is 1.19 bits per heavy atom. The molecule has 15 rings (SSSR count). The molecule has 0 radical (unpaired) electrons. The molecule has 18 nitrogen and oxygen atoms in total. The molecule has 0 spiro atoms. The first-order chi connectivity index (χ1) is 48.9. The van der Waals surface area contributed by atoms with Crippen molar-refractivity contribution in [3.63, 3.8) is 0 Å². The van der Waals surface area contributed by atoms with Crippen LogP contribution >= 0.6 is 46.4 Å². The van der Waals surface area contributed by atoms with Crippen molar-refractivity contribution >= 4 is 156 Å². The van der Waals surface area contributed by atoms with Crippen molar-refractivity contribution in [2.24, 2.45) is 0 Å². The van der Waals surface area contributed by atoms with Gasteiger partial charge in [-0.2, -0.15) is 10.5 Å². The maximum Gasteiger partial charge on any atom is 0.343 e. The summed E-state index contributed by atoms with van der Waals surface area (Å²) in [5.74, 6) is -3.57. The third-order valence-electron chi connectivity index (χ3n) is 18.0. The molecule has 0 aliphatic carbocycles. The Morgan fingerprint density at radius 1 is 0.436 bits per heavy atom. The van der Waals surface area contributed by atoms with Gasteiger partial charge in [0.2, 0.25) is 0 Å². The number of imide groups is 2. The highest BCUT2D eigenvalue weighted by molar-refractivity contribution is 6.84. The second-order valence-electron chi connectivity index (χ2n) is 23.9. The molecule has 13 aromatic rings. The third-order valence-corrected chi connectivity index (χ3v) is 19.5. The number of nitrogens with zero attached hydrogens (tertiary/aromatic N) is 10. The van der Waals surface area contributed by atoms with Gasteiger partial charge in [-0.1, -0.05) is 161 Å². The first kappa shape index (κ1) is 64.7. The average Bonchev–Trinajstić information content (AvgIpc) is 1.52. The Hall–Kier alpha value is -12.3. The fourth-order valence-corrected chi connectivity index (χ4v) is 13.8. The monoisotopic (exact) mass is 1400 g/mol. The number of nitriles is 2. The number of esters is 2. The Balaban J connectivity index is 1.09. The Kier molecular flexibility index (Phi) is 16.6. The second-order valence-corrected chi connectivity index (χ2v) is 25.5. The number of hydrogen-bond donors (Lipinski definition) is 0. The molecular weight excluding hydrogens is 1360 g/mol. The van der Waals surface area contributed by atoms with E-state index in [2.05, 4.69) is 12.1 Å². The number of carbonyl (C=O) groups is 6. The van der Waals surface area contributed by atoms with Crippen LogP contribution in [0, 0.1) is 22.7 Å². The van der Waals surface area contributed by atoms with Crippen molar-refractivity contribution in [1.82, 2.24) is 38.7 Å². The van der Waals surface area contributed by atoms with Crippen molar-refractivity contribution < 1.29 is 38.2 Å². The van der Waals surface area contributed by atoms with Crippen LogP contribution in [-0.4, -0.2) is 102 Å². The van der Waals surface area contributed by atoms with Gasteiger partial charge in [-0.15, -0.1) is 0 Å². The van der Waals surface area contributed by atoms with Crippen molar-refractivity contribution in [3.05, 3.63) is 288 Å². The third kappa shape index (κ3) is 11.2. The summed E-state index contributed by atoms with van der Waals surface area (Å²) in [5, 5.41) is 26.9. The lowest BCUT2D eigenvalue weighted by Crippen LogP contribution is -2.53. The van der Waals surface area contributed by atoms with Crippen molar-refractivity contribution in [2.45, 2.75) is 6.82 Å². The zero-order chi connectivity index (χ0) is 70.2. The van der Waals surface area contributed by atoms with E-state index in [4.69, 9.17) is 75.8 Å². The van der Waals surface area contributed by atoms with Crippen LogP contribution in [0.4, 0.5) is 0 Å². The molecule has 24 heteroatoms. The largest absolute Gasteiger partial charge is 0.423 e. The summed E-state index contributed by atoms with van der Waals surface area (Å²) in [6.07, 6.45) is 2.97. The summed E-state index contributed by atoms with van der Waals surface area (Å²) in [6.45, 7) is 0.427. The molecule has 0 atom stereocenters. The average molecular weight is 1400 g/mol. The van der Waals surface area contributed by atoms with Gasteiger partial charge < -0.3 is 18.4 Å². The molecule has 484 valence electrons. The number of ether oxygens (including phenoxy) is 2. The standard InChI is InChI=1S/C77H44B2Cl4N10O8/c1-78(45-13-7-4-8-14-45)92-68(41-19-25-48(26-20-41)100-76(98)43-23-29-50-52(31-43)74(96)90(2)72(50)94)66-67(70(92)54(37-84)64-39-86-60-33-56(80)58(82)35-62(60)88-64)69(42-21-27-49(28-22-42)101-77(99)44-24-30-51-53(32-44)75(97)91(3)73(51)95)93(79(46-15-9-5-10-16-46)47-17-11-6-12-18-47)71(66)55(38-85)65-40-87-61-34-57(81)59(83)36-63(61)89-65/h4-36,39-40H,1-3H3/b70-54-,71-55-. The molecule has 2 aliphatic heterocycles. The van der Waals surface area contributed by atoms with E-state index in [0.717, 1.165) is 26.2 Å². The number of aromatic nitrogens is 6. The molecule has 0 bridgehead atoms. The number of halogens is 4. The summed E-state index contributed by atoms with van der Waals surface area (Å²) >= 11 is 26.6. The van der Waals surface area contributed by atoms with Gasteiger partial charge in [0.1, 0.15) is 46.2 Å². The zero-order valence-electron chi connectivity index (χ0n) is 53.1. The van der Waals surface area contributed by atoms with E-state index in [1.165, 1.54) is 62.9 Å². The van der Waals surface area contributed by atoms with Crippen molar-refractivity contribution in [3.8, 4) is 46.2 Å². The molecule has 2 aliphatic rings. The van der Waals surface area contributed by atoms with E-state index >= 15 is 0 Å². The molecule has 4 amide bonds. The lowest BCUT2D eigenvalue weighted by molar-refractivity contribution is 0.0677. The maximum absolute atomic E-state index is 14.2. The van der Waals surface area contributed by atoms with Gasteiger partial charge in [0, 0.05) is 36.3 Å². The Morgan fingerprint density at radius 2 is 0.792 bits per heavy atom. The van der Waals surface area contributed by atoms with Crippen LogP contribution in [0.3, 0.4) is 0 Å². The van der Waals surface area contributed by atoms with Gasteiger partial charge in [-0.25, -0.2) is 19.6 Å². The number of amides is 4. The zero-order valence-corrected chi connectivity index (χ0v) is 56.1. The molecule has 6 heterocycles. The first-order valence-electron chi connectivity index (χ1n) is 31.2. The number of carbonyl (C=O) groups excluding carboxylic acids is 6. The molecule has 0 saturated carbocycles. The van der Waals surface area contributed by atoms with Gasteiger partial charge in [0.05, 0.1) is 98.6 Å². The number of rotatable bonds is 13. The number of fused-ring (bicyclic) bond motifs is 5. The van der Waals surface area contributed by atoms with Crippen LogP contribution in [0.25, 0.3) is 66.5 Å². The summed E-state index contributed by atoms with van der Waals surface area (Å²) < 4.78 is 16.2. The molecule has 0 fully saturated rings. The van der Waals surface area contributed by atoms with Crippen molar-refractivity contribution in [1.29, 1.82) is 10.5 Å². The minimum Gasteiger partial charge on any atom is -0.423 e. The van der Waals surface area contributed by atoms with Crippen LogP contribution < -0.4 is 36.6 Å². The molecule has 4 aromatic heterocycles. The molecule has 101 heavy (non-hydrogen) atoms. The molecule has 9 aromatic carbocycles. The van der Waals surface area contributed by atoms with E-state index < -0.39 is 49.3 Å². The summed E-state index contributed by atoms with van der Waals surface area (Å²) in [7, 11) is 2.73. The predicted octanol–water partition coefficient (Wildman–Crippen LogP) is 11.6. The van der Waals surface area contributed by atoms with Gasteiger partial charge in [-0.3, -0.25) is 38.9 Å². The van der Waals surface area contributed by atoms with E-state index in [1.807, 2.05) is 107 Å². The second kappa shape index (κ2) is 25.9. The van der Waals surface area contributed by atoms with Gasteiger partial charge in [0.25, 0.3) is 30.5 Å². The van der Waals surface area contributed by atoms with Crippen LogP contribution in [0.5, 0.6) is 11.5 Å². The predicted molar refractivity (Wildman–Crippen MR) is 387 cm³/mol. The fourth-order valence-electron chi connectivity index (χ4n) is 13.1. The molecule has 0 unspecified atom stereocenters. The topological polar surface area (TPSA) is 236 Å². The van der Waals surface area contributed by atoms with E-state index in [9.17, 15) is 39.3 Å². The van der Waals surface area contributed by atoms with Crippen LogP contribution in [0.2, 0.25) is 26.9 Å². The first-order valence-corrected chi connectivity index (χ1v) is 32.7. The number of hydrogen-bond acceptors (Lipinski definition) is 14. The SMILES string of the molecule is CB(c1ccccc1)n1c(-c2ccc(OC(=O)c3ccc4c(c3)C(=O)N(C)C4=O)cc2)c2/c(=C(\C#N)c3cnc4cc(Cl)c(Cl)cc4n3)n(B(c3ccccc3)c3ccccc3)c(-c3ccc(OC(=O)c4ccc5c(c4)C(=O)N(C)C5=O)cc3)c2/c1=C(\C#N)c1cnc2cc(Cl)c(Cl)cc2n1. The molecule has 0 saturated heterocycles. The van der Waals surface area contributed by atoms with Gasteiger partial charge in [0.15, 0.2) is 0 Å².